The molecule has 1 heterocycles. The fourth-order valence-corrected chi connectivity index (χ4v) is 4.26. The molecule has 0 saturated carbocycles. The summed E-state index contributed by atoms with van der Waals surface area (Å²) in [5.41, 5.74) is 1.12. The van der Waals surface area contributed by atoms with Crippen molar-refractivity contribution < 1.29 is 0 Å². The van der Waals surface area contributed by atoms with Gasteiger partial charge in [-0.25, -0.2) is 0 Å². The molecule has 3 aromatic rings. The smallest absolute Gasteiger partial charge is 0.0430 e. The quantitative estimate of drug-likeness (QED) is 0.727. The van der Waals surface area contributed by atoms with Gasteiger partial charge in [0, 0.05) is 24.4 Å². The average Bonchev–Trinajstić information content (AvgIpc) is 2.58. The lowest BCUT2D eigenvalue weighted by molar-refractivity contribution is 1.31. The number of nitrogens with zero attached hydrogens (tertiary/aromatic N) is 1. The van der Waals surface area contributed by atoms with Crippen molar-refractivity contribution in [2.45, 2.75) is 0 Å². The van der Waals surface area contributed by atoms with Crippen LogP contribution in [0.15, 0.2) is 85.2 Å². The zero-order valence-corrected chi connectivity index (χ0v) is 12.6. The van der Waals surface area contributed by atoms with Gasteiger partial charge in [-0.1, -0.05) is 60.7 Å². The molecule has 3 heteroatoms. The van der Waals surface area contributed by atoms with E-state index in [0.29, 0.717) is 0 Å². The number of nitrogens with one attached hydrogen (secondary N) is 1. The third-order valence-electron chi connectivity index (χ3n) is 3.26. The molecule has 0 aliphatic rings. The van der Waals surface area contributed by atoms with Gasteiger partial charge in [-0.2, -0.15) is 0 Å². The minimum Gasteiger partial charge on any atom is -0.380 e. The predicted molar refractivity (Wildman–Crippen MR) is 91.8 cm³/mol. The number of hydrogen-bond acceptors (Lipinski definition) is 2. The maximum atomic E-state index is 4.05. The van der Waals surface area contributed by atoms with Crippen LogP contribution in [0.25, 0.3) is 0 Å². The van der Waals surface area contributed by atoms with E-state index in [0.717, 1.165) is 12.0 Å². The molecular formula is C18H17N2P. The van der Waals surface area contributed by atoms with Gasteiger partial charge in [0.2, 0.25) is 0 Å². The molecule has 0 amide bonds. The molecule has 1 aromatic heterocycles. The van der Waals surface area contributed by atoms with Crippen LogP contribution in [0.3, 0.4) is 0 Å². The van der Waals surface area contributed by atoms with Gasteiger partial charge >= 0.3 is 0 Å². The molecule has 0 atom stereocenters. The summed E-state index contributed by atoms with van der Waals surface area (Å²) >= 11 is 0. The molecule has 0 bridgehead atoms. The SMILES string of the molecule is c1ccc(P(CNc2ccncc2)c2ccccc2)cc1. The number of aromatic nitrogens is 1. The van der Waals surface area contributed by atoms with E-state index in [9.17, 15) is 0 Å². The Hall–Kier alpha value is -2.18. The van der Waals surface area contributed by atoms with E-state index >= 15 is 0 Å². The zero-order valence-electron chi connectivity index (χ0n) is 11.7. The molecule has 1 N–H and O–H groups in total. The summed E-state index contributed by atoms with van der Waals surface area (Å²) in [6, 6.07) is 25.4. The summed E-state index contributed by atoms with van der Waals surface area (Å²) in [6.07, 6.45) is 4.55. The second kappa shape index (κ2) is 7.01. The average molecular weight is 292 g/mol. The fraction of sp³-hybridized carbons (Fsp3) is 0.0556. The molecule has 0 unspecified atom stereocenters. The molecule has 2 aromatic carbocycles. The second-order valence-corrected chi connectivity index (χ2v) is 6.87. The van der Waals surface area contributed by atoms with Crippen LogP contribution in [0.4, 0.5) is 5.69 Å². The topological polar surface area (TPSA) is 24.9 Å². The van der Waals surface area contributed by atoms with Gasteiger partial charge in [-0.3, -0.25) is 4.98 Å². The van der Waals surface area contributed by atoms with Crippen molar-refractivity contribution in [3.63, 3.8) is 0 Å². The molecule has 0 saturated heterocycles. The van der Waals surface area contributed by atoms with Crippen molar-refractivity contribution in [3.05, 3.63) is 85.2 Å². The Kier molecular flexibility index (Phi) is 4.60. The van der Waals surface area contributed by atoms with Crippen LogP contribution in [-0.4, -0.2) is 11.3 Å². The Bertz CT molecular complexity index is 617. The van der Waals surface area contributed by atoms with E-state index in [1.165, 1.54) is 10.6 Å². The first kappa shape index (κ1) is 13.8. The van der Waals surface area contributed by atoms with Crippen LogP contribution in [0, 0.1) is 0 Å². The number of hydrogen-bond donors (Lipinski definition) is 1. The fourth-order valence-electron chi connectivity index (χ4n) is 2.19. The molecule has 0 aliphatic carbocycles. The van der Waals surface area contributed by atoms with E-state index in [1.807, 2.05) is 24.5 Å². The van der Waals surface area contributed by atoms with Crippen molar-refractivity contribution >= 4 is 24.2 Å². The highest BCUT2D eigenvalue weighted by Gasteiger charge is 2.12. The van der Waals surface area contributed by atoms with Gasteiger partial charge < -0.3 is 5.32 Å². The Labute approximate surface area is 126 Å². The predicted octanol–water partition coefficient (Wildman–Crippen LogP) is 3.58. The van der Waals surface area contributed by atoms with E-state index in [2.05, 4.69) is 71.0 Å². The van der Waals surface area contributed by atoms with Crippen molar-refractivity contribution in [1.82, 2.24) is 4.98 Å². The van der Waals surface area contributed by atoms with E-state index in [1.54, 1.807) is 0 Å². The van der Waals surface area contributed by atoms with Crippen LogP contribution in [-0.2, 0) is 0 Å². The Morgan fingerprint density at radius 3 is 1.76 bits per heavy atom. The Balaban J connectivity index is 1.83. The van der Waals surface area contributed by atoms with Crippen LogP contribution < -0.4 is 15.9 Å². The molecule has 3 rings (SSSR count). The standard InChI is InChI=1S/C18H17N2P/c1-3-7-17(8-4-1)21(18-9-5-2-6-10-18)15-20-16-11-13-19-14-12-16/h1-14H,15H2,(H,19,20). The molecular weight excluding hydrogens is 275 g/mol. The van der Waals surface area contributed by atoms with Crippen LogP contribution >= 0.6 is 7.92 Å². The van der Waals surface area contributed by atoms with Crippen LogP contribution in [0.5, 0.6) is 0 Å². The van der Waals surface area contributed by atoms with Gasteiger partial charge in [-0.05, 0) is 30.7 Å². The number of pyridine rings is 1. The highest BCUT2D eigenvalue weighted by Crippen LogP contribution is 2.33. The highest BCUT2D eigenvalue weighted by molar-refractivity contribution is 7.73. The summed E-state index contributed by atoms with van der Waals surface area (Å²) in [4.78, 5) is 4.05. The first-order valence-electron chi connectivity index (χ1n) is 6.95. The molecule has 0 spiro atoms. The lowest BCUT2D eigenvalue weighted by Crippen LogP contribution is -2.17. The highest BCUT2D eigenvalue weighted by atomic mass is 31.1. The van der Waals surface area contributed by atoms with Gasteiger partial charge in [0.15, 0.2) is 0 Å². The Morgan fingerprint density at radius 2 is 1.24 bits per heavy atom. The first-order chi connectivity index (χ1) is 10.4. The number of anilines is 1. The maximum absolute atomic E-state index is 4.05. The van der Waals surface area contributed by atoms with E-state index in [4.69, 9.17) is 0 Å². The minimum absolute atomic E-state index is 0.406. The molecule has 0 fully saturated rings. The zero-order chi connectivity index (χ0) is 14.3. The summed E-state index contributed by atoms with van der Waals surface area (Å²) < 4.78 is 0. The third-order valence-corrected chi connectivity index (χ3v) is 5.57. The lowest BCUT2D eigenvalue weighted by atomic mass is 10.4. The van der Waals surface area contributed by atoms with E-state index in [-0.39, 0.29) is 0 Å². The minimum atomic E-state index is -0.406. The maximum Gasteiger partial charge on any atom is 0.0430 e. The van der Waals surface area contributed by atoms with Crippen LogP contribution in [0.1, 0.15) is 0 Å². The molecule has 21 heavy (non-hydrogen) atoms. The summed E-state index contributed by atoms with van der Waals surface area (Å²) in [6.45, 7) is 0. The molecule has 2 nitrogen and oxygen atoms in total. The van der Waals surface area contributed by atoms with Gasteiger partial charge in [-0.15, -0.1) is 0 Å². The normalized spacial score (nSPS) is 10.5. The molecule has 0 radical (unpaired) electrons. The van der Waals surface area contributed by atoms with Crippen LogP contribution in [0.2, 0.25) is 0 Å². The molecule has 0 aliphatic heterocycles. The monoisotopic (exact) mass is 292 g/mol. The summed E-state index contributed by atoms with van der Waals surface area (Å²) in [7, 11) is -0.406. The molecule has 104 valence electrons. The van der Waals surface area contributed by atoms with Crippen molar-refractivity contribution in [1.29, 1.82) is 0 Å². The lowest BCUT2D eigenvalue weighted by Gasteiger charge is -2.19. The Morgan fingerprint density at radius 1 is 0.714 bits per heavy atom. The van der Waals surface area contributed by atoms with E-state index < -0.39 is 7.92 Å². The summed E-state index contributed by atoms with van der Waals surface area (Å²) in [5.74, 6) is 0. The van der Waals surface area contributed by atoms with Crippen molar-refractivity contribution in [2.75, 3.05) is 11.6 Å². The second-order valence-electron chi connectivity index (χ2n) is 4.67. The first-order valence-corrected chi connectivity index (χ1v) is 8.48. The van der Waals surface area contributed by atoms with Gasteiger partial charge in [0.05, 0.1) is 0 Å². The van der Waals surface area contributed by atoms with Crippen molar-refractivity contribution in [3.8, 4) is 0 Å². The summed E-state index contributed by atoms with van der Waals surface area (Å²) in [5, 5.41) is 6.31. The largest absolute Gasteiger partial charge is 0.380 e. The van der Waals surface area contributed by atoms with Crippen molar-refractivity contribution in [2.24, 2.45) is 0 Å². The number of benzene rings is 2. The third kappa shape index (κ3) is 3.68. The van der Waals surface area contributed by atoms with Gasteiger partial charge in [0.25, 0.3) is 0 Å². The number of rotatable bonds is 5. The van der Waals surface area contributed by atoms with Gasteiger partial charge in [0.1, 0.15) is 0 Å².